The molecule has 45 heavy (non-hydrogen) atoms. The summed E-state index contributed by atoms with van der Waals surface area (Å²) in [6.07, 6.45) is 0.228. The summed E-state index contributed by atoms with van der Waals surface area (Å²) in [4.78, 5) is 29.8. The molecular weight excluding hydrogens is 629 g/mol. The molecule has 0 unspecified atom stereocenters. The van der Waals surface area contributed by atoms with Crippen LogP contribution in [0.4, 0.5) is 5.69 Å². The summed E-state index contributed by atoms with van der Waals surface area (Å²) in [6, 6.07) is 28.4. The van der Waals surface area contributed by atoms with Gasteiger partial charge >= 0.3 is 0 Å². The van der Waals surface area contributed by atoms with Crippen molar-refractivity contribution in [3.05, 3.63) is 130 Å². The first-order valence-electron chi connectivity index (χ1n) is 14.7. The Morgan fingerprint density at radius 2 is 1.42 bits per heavy atom. The zero-order valence-corrected chi connectivity index (χ0v) is 27.8. The Morgan fingerprint density at radius 3 is 2.04 bits per heavy atom. The number of rotatable bonds is 13. The molecule has 0 saturated carbocycles. The molecule has 0 aliphatic rings. The number of nitrogens with one attached hydrogen (secondary N) is 1. The molecule has 1 atom stereocenters. The second kappa shape index (κ2) is 15.4. The van der Waals surface area contributed by atoms with E-state index in [4.69, 9.17) is 23.2 Å². The fourth-order valence-electron chi connectivity index (χ4n) is 4.86. The smallest absolute Gasteiger partial charge is 0.264 e. The predicted octanol–water partition coefficient (Wildman–Crippen LogP) is 6.91. The number of hydrogen-bond acceptors (Lipinski definition) is 4. The summed E-state index contributed by atoms with van der Waals surface area (Å²) in [5.41, 5.74) is 2.37. The van der Waals surface area contributed by atoms with Crippen molar-refractivity contribution in [2.24, 2.45) is 5.92 Å². The van der Waals surface area contributed by atoms with Gasteiger partial charge < -0.3 is 10.2 Å². The Labute approximate surface area is 275 Å². The van der Waals surface area contributed by atoms with E-state index in [1.54, 1.807) is 67.6 Å². The summed E-state index contributed by atoms with van der Waals surface area (Å²) in [5.74, 6) is -0.695. The molecule has 0 saturated heterocycles. The van der Waals surface area contributed by atoms with Crippen molar-refractivity contribution in [1.82, 2.24) is 10.2 Å². The predicted molar refractivity (Wildman–Crippen MR) is 181 cm³/mol. The maximum absolute atomic E-state index is 14.5. The van der Waals surface area contributed by atoms with Gasteiger partial charge in [0.2, 0.25) is 11.8 Å². The molecular formula is C35H37Cl2N3O4S. The van der Waals surface area contributed by atoms with Gasteiger partial charge in [0.1, 0.15) is 12.6 Å². The van der Waals surface area contributed by atoms with Crippen molar-refractivity contribution in [1.29, 1.82) is 0 Å². The van der Waals surface area contributed by atoms with Gasteiger partial charge in [0, 0.05) is 29.6 Å². The van der Waals surface area contributed by atoms with Gasteiger partial charge in [0.15, 0.2) is 0 Å². The fraction of sp³-hybridized carbons (Fsp3) is 0.257. The average Bonchev–Trinajstić information content (AvgIpc) is 3.03. The molecule has 4 aromatic rings. The van der Waals surface area contributed by atoms with E-state index in [2.05, 4.69) is 5.32 Å². The molecule has 0 radical (unpaired) electrons. The third-order valence-corrected chi connectivity index (χ3v) is 9.78. The van der Waals surface area contributed by atoms with Crippen LogP contribution in [0.2, 0.25) is 10.0 Å². The highest BCUT2D eigenvalue weighted by atomic mass is 35.5. The van der Waals surface area contributed by atoms with Crippen LogP contribution in [0.15, 0.2) is 108 Å². The van der Waals surface area contributed by atoms with Gasteiger partial charge in [-0.2, -0.15) is 0 Å². The lowest BCUT2D eigenvalue weighted by molar-refractivity contribution is -0.140. The number of nitrogens with zero attached hydrogens (tertiary/aromatic N) is 2. The van der Waals surface area contributed by atoms with Crippen LogP contribution in [-0.4, -0.2) is 44.3 Å². The second-order valence-corrected chi connectivity index (χ2v) is 13.9. The standard InChI is InChI=1S/C35H37Cl2N3O4S/c1-25(2)22-38-35(42)33(21-27-11-6-4-7-12-27)39(23-28-17-19-29(36)20-18-28)34(41)24-40(32-16-10-15-31(37)26(32)3)45(43,44)30-13-8-5-9-14-30/h4-20,25,33H,21-24H2,1-3H3,(H,38,42)/t33-/m0/s1. The van der Waals surface area contributed by atoms with Gasteiger partial charge in [-0.05, 0) is 65.9 Å². The van der Waals surface area contributed by atoms with Crippen LogP contribution < -0.4 is 9.62 Å². The molecule has 10 heteroatoms. The largest absolute Gasteiger partial charge is 0.354 e. The zero-order chi connectivity index (χ0) is 32.6. The molecule has 0 aliphatic heterocycles. The zero-order valence-electron chi connectivity index (χ0n) is 25.5. The highest BCUT2D eigenvalue weighted by Crippen LogP contribution is 2.31. The van der Waals surface area contributed by atoms with Crippen molar-refractivity contribution in [3.63, 3.8) is 0 Å². The third-order valence-electron chi connectivity index (χ3n) is 7.34. The highest BCUT2D eigenvalue weighted by Gasteiger charge is 2.35. The van der Waals surface area contributed by atoms with Crippen molar-refractivity contribution in [2.75, 3.05) is 17.4 Å². The Bertz CT molecular complexity index is 1700. The number of hydrogen-bond donors (Lipinski definition) is 1. The lowest BCUT2D eigenvalue weighted by Crippen LogP contribution is -2.53. The maximum Gasteiger partial charge on any atom is 0.264 e. The molecule has 0 spiro atoms. The molecule has 0 heterocycles. The van der Waals surface area contributed by atoms with Gasteiger partial charge in [-0.3, -0.25) is 13.9 Å². The van der Waals surface area contributed by atoms with Gasteiger partial charge in [-0.25, -0.2) is 8.42 Å². The minimum absolute atomic E-state index is 0.0249. The van der Waals surface area contributed by atoms with Crippen LogP contribution in [0, 0.1) is 12.8 Å². The molecule has 7 nitrogen and oxygen atoms in total. The van der Waals surface area contributed by atoms with Crippen LogP contribution in [0.1, 0.15) is 30.5 Å². The van der Waals surface area contributed by atoms with E-state index in [9.17, 15) is 18.0 Å². The number of sulfonamides is 1. The van der Waals surface area contributed by atoms with Crippen LogP contribution in [0.3, 0.4) is 0 Å². The van der Waals surface area contributed by atoms with Crippen molar-refractivity contribution in [3.8, 4) is 0 Å². The van der Waals surface area contributed by atoms with E-state index in [0.717, 1.165) is 15.4 Å². The summed E-state index contributed by atoms with van der Waals surface area (Å²) in [5, 5.41) is 3.88. The van der Waals surface area contributed by atoms with E-state index in [-0.39, 0.29) is 35.4 Å². The SMILES string of the molecule is Cc1c(Cl)cccc1N(CC(=O)N(Cc1ccc(Cl)cc1)[C@@H](Cc1ccccc1)C(=O)NCC(C)C)S(=O)(=O)c1ccccc1. The van der Waals surface area contributed by atoms with Crippen LogP contribution in [0.5, 0.6) is 0 Å². The molecule has 0 aromatic heterocycles. The van der Waals surface area contributed by atoms with E-state index in [1.807, 2.05) is 44.2 Å². The molecule has 236 valence electrons. The minimum Gasteiger partial charge on any atom is -0.354 e. The van der Waals surface area contributed by atoms with Gasteiger partial charge in [0.05, 0.1) is 10.6 Å². The summed E-state index contributed by atoms with van der Waals surface area (Å²) >= 11 is 12.6. The third kappa shape index (κ3) is 8.87. The quantitative estimate of drug-likeness (QED) is 0.168. The number of carbonyl (C=O) groups excluding carboxylic acids is 2. The molecule has 4 rings (SSSR count). The fourth-order valence-corrected chi connectivity index (χ4v) is 6.65. The first kappa shape index (κ1) is 34.0. The van der Waals surface area contributed by atoms with Crippen LogP contribution in [0.25, 0.3) is 0 Å². The van der Waals surface area contributed by atoms with Gasteiger partial charge in [0.25, 0.3) is 10.0 Å². The first-order chi connectivity index (χ1) is 21.5. The lowest BCUT2D eigenvalue weighted by Gasteiger charge is -2.34. The van der Waals surface area contributed by atoms with Gasteiger partial charge in [-0.1, -0.05) is 104 Å². The number of carbonyl (C=O) groups is 2. The maximum atomic E-state index is 14.5. The van der Waals surface area contributed by atoms with Crippen molar-refractivity contribution >= 4 is 50.7 Å². The molecule has 0 fully saturated rings. The lowest BCUT2D eigenvalue weighted by atomic mass is 10.0. The van der Waals surface area contributed by atoms with Crippen LogP contribution >= 0.6 is 23.2 Å². The van der Waals surface area contributed by atoms with Crippen LogP contribution in [-0.2, 0) is 32.6 Å². The van der Waals surface area contributed by atoms with Gasteiger partial charge in [-0.15, -0.1) is 0 Å². The Hall–Kier alpha value is -3.85. The molecule has 2 amide bonds. The molecule has 0 aliphatic carbocycles. The normalized spacial score (nSPS) is 12.0. The Balaban J connectivity index is 1.82. The van der Waals surface area contributed by atoms with E-state index in [0.29, 0.717) is 22.2 Å². The number of benzene rings is 4. The summed E-state index contributed by atoms with van der Waals surface area (Å²) < 4.78 is 29.4. The topological polar surface area (TPSA) is 86.8 Å². The summed E-state index contributed by atoms with van der Waals surface area (Å²) in [7, 11) is -4.22. The molecule has 0 bridgehead atoms. The molecule has 4 aromatic carbocycles. The van der Waals surface area contributed by atoms with E-state index >= 15 is 0 Å². The second-order valence-electron chi connectivity index (χ2n) is 11.2. The Morgan fingerprint density at radius 1 is 0.800 bits per heavy atom. The molecule has 1 N–H and O–H groups in total. The number of anilines is 1. The average molecular weight is 667 g/mol. The number of halogens is 2. The monoisotopic (exact) mass is 665 g/mol. The summed E-state index contributed by atoms with van der Waals surface area (Å²) in [6.45, 7) is 5.60. The minimum atomic E-state index is -4.22. The Kier molecular flexibility index (Phi) is 11.7. The van der Waals surface area contributed by atoms with E-state index < -0.39 is 28.5 Å². The van der Waals surface area contributed by atoms with Crippen molar-refractivity contribution < 1.29 is 18.0 Å². The first-order valence-corrected chi connectivity index (χ1v) is 16.9. The highest BCUT2D eigenvalue weighted by molar-refractivity contribution is 7.92. The van der Waals surface area contributed by atoms with Crippen molar-refractivity contribution in [2.45, 2.75) is 44.7 Å². The number of amides is 2. The van der Waals surface area contributed by atoms with E-state index in [1.165, 1.54) is 17.0 Å².